The van der Waals surface area contributed by atoms with Crippen molar-refractivity contribution in [2.24, 2.45) is 0 Å². The molecule has 3 aromatic heterocycles. The van der Waals surface area contributed by atoms with E-state index in [0.29, 0.717) is 23.5 Å². The minimum Gasteiger partial charge on any atom is -0.467 e. The van der Waals surface area contributed by atoms with Gasteiger partial charge < -0.3 is 9.32 Å². The molecule has 1 saturated carbocycles. The van der Waals surface area contributed by atoms with Crippen LogP contribution in [0.2, 0.25) is 5.15 Å². The van der Waals surface area contributed by atoms with Crippen LogP contribution in [0.25, 0.3) is 5.78 Å². The van der Waals surface area contributed by atoms with Crippen molar-refractivity contribution >= 4 is 23.2 Å². The van der Waals surface area contributed by atoms with Crippen LogP contribution in [0.15, 0.2) is 29.1 Å². The molecule has 0 unspecified atom stereocenters. The van der Waals surface area contributed by atoms with Gasteiger partial charge >= 0.3 is 0 Å². The number of halogens is 1. The van der Waals surface area contributed by atoms with E-state index in [9.17, 15) is 0 Å². The van der Waals surface area contributed by atoms with E-state index in [1.54, 1.807) is 10.8 Å². The van der Waals surface area contributed by atoms with E-state index >= 15 is 0 Å². The Morgan fingerprint density at radius 1 is 1.48 bits per heavy atom. The number of fused-ring (bicyclic) bond motifs is 1. The molecule has 0 aliphatic heterocycles. The molecule has 1 aliphatic carbocycles. The summed E-state index contributed by atoms with van der Waals surface area (Å²) in [5, 5.41) is 4.76. The van der Waals surface area contributed by atoms with Crippen molar-refractivity contribution in [3.63, 3.8) is 0 Å². The standard InChI is InChI=1S/C14H14ClN5O/c1-9-12(15)18-14-16-8-17-20(14)13(9)19(10-4-5-10)7-11-3-2-6-21-11/h2-3,6,8,10H,4-5,7H2,1H3. The van der Waals surface area contributed by atoms with Crippen LogP contribution in [-0.4, -0.2) is 25.6 Å². The van der Waals surface area contributed by atoms with E-state index in [0.717, 1.165) is 30.0 Å². The molecule has 21 heavy (non-hydrogen) atoms. The largest absolute Gasteiger partial charge is 0.467 e. The van der Waals surface area contributed by atoms with Crippen molar-refractivity contribution in [2.75, 3.05) is 4.90 Å². The normalized spacial score (nSPS) is 14.8. The van der Waals surface area contributed by atoms with E-state index in [1.165, 1.54) is 6.33 Å². The van der Waals surface area contributed by atoms with E-state index in [-0.39, 0.29) is 0 Å². The Hall–Kier alpha value is -2.08. The molecule has 0 radical (unpaired) electrons. The lowest BCUT2D eigenvalue weighted by molar-refractivity contribution is 0.499. The Morgan fingerprint density at radius 3 is 3.05 bits per heavy atom. The number of anilines is 1. The number of nitrogens with zero attached hydrogens (tertiary/aromatic N) is 5. The second-order valence-corrected chi connectivity index (χ2v) is 5.62. The summed E-state index contributed by atoms with van der Waals surface area (Å²) in [5.74, 6) is 2.38. The number of hydrogen-bond donors (Lipinski definition) is 0. The van der Waals surface area contributed by atoms with Crippen molar-refractivity contribution in [3.8, 4) is 0 Å². The van der Waals surface area contributed by atoms with Crippen LogP contribution in [0.5, 0.6) is 0 Å². The first kappa shape index (κ1) is 12.6. The van der Waals surface area contributed by atoms with Crippen LogP contribution in [0, 0.1) is 6.92 Å². The number of rotatable bonds is 4. The average molecular weight is 304 g/mol. The number of aromatic nitrogens is 4. The Balaban J connectivity index is 1.85. The first-order chi connectivity index (χ1) is 10.2. The summed E-state index contributed by atoms with van der Waals surface area (Å²) in [6.45, 7) is 2.65. The Kier molecular flexibility index (Phi) is 2.85. The predicted octanol–water partition coefficient (Wildman–Crippen LogP) is 2.85. The third kappa shape index (κ3) is 2.15. The zero-order valence-electron chi connectivity index (χ0n) is 11.5. The molecule has 0 amide bonds. The fraction of sp³-hybridized carbons (Fsp3) is 0.357. The van der Waals surface area contributed by atoms with E-state index in [4.69, 9.17) is 16.0 Å². The van der Waals surface area contributed by atoms with Gasteiger partial charge in [-0.3, -0.25) is 0 Å². The van der Waals surface area contributed by atoms with Gasteiger partial charge in [0, 0.05) is 11.6 Å². The summed E-state index contributed by atoms with van der Waals surface area (Å²) >= 11 is 6.26. The van der Waals surface area contributed by atoms with Gasteiger partial charge in [0.2, 0.25) is 0 Å². The molecule has 0 N–H and O–H groups in total. The third-order valence-electron chi connectivity index (χ3n) is 3.74. The van der Waals surface area contributed by atoms with Gasteiger partial charge in [0.25, 0.3) is 5.78 Å². The van der Waals surface area contributed by atoms with Gasteiger partial charge in [-0.1, -0.05) is 11.6 Å². The molecule has 7 heteroatoms. The maximum absolute atomic E-state index is 6.26. The molecule has 0 aromatic carbocycles. The summed E-state index contributed by atoms with van der Waals surface area (Å²) in [7, 11) is 0. The van der Waals surface area contributed by atoms with Crippen LogP contribution in [-0.2, 0) is 6.54 Å². The quantitative estimate of drug-likeness (QED) is 0.694. The van der Waals surface area contributed by atoms with Crippen LogP contribution < -0.4 is 4.90 Å². The topological polar surface area (TPSA) is 59.5 Å². The van der Waals surface area contributed by atoms with Crippen LogP contribution in [0.4, 0.5) is 5.82 Å². The highest BCUT2D eigenvalue weighted by Gasteiger charge is 2.33. The molecule has 0 bridgehead atoms. The predicted molar refractivity (Wildman–Crippen MR) is 78.4 cm³/mol. The second kappa shape index (κ2) is 4.73. The Bertz CT molecular complexity index is 778. The van der Waals surface area contributed by atoms with E-state index in [2.05, 4.69) is 20.0 Å². The van der Waals surface area contributed by atoms with E-state index in [1.807, 2.05) is 19.1 Å². The molecular weight excluding hydrogens is 290 g/mol. The van der Waals surface area contributed by atoms with Gasteiger partial charge in [-0.15, -0.1) is 0 Å². The first-order valence-corrected chi connectivity index (χ1v) is 7.26. The summed E-state index contributed by atoms with van der Waals surface area (Å²) in [5.41, 5.74) is 0.910. The molecular formula is C14H14ClN5O. The average Bonchev–Trinajstić information content (AvgIpc) is 2.98. The van der Waals surface area contributed by atoms with Gasteiger partial charge in [-0.25, -0.2) is 0 Å². The fourth-order valence-electron chi connectivity index (χ4n) is 2.55. The second-order valence-electron chi connectivity index (χ2n) is 5.26. The van der Waals surface area contributed by atoms with Gasteiger partial charge in [0.05, 0.1) is 12.8 Å². The summed E-state index contributed by atoms with van der Waals surface area (Å²) in [4.78, 5) is 10.7. The molecule has 1 aliphatic rings. The Morgan fingerprint density at radius 2 is 2.33 bits per heavy atom. The minimum atomic E-state index is 0.468. The number of hydrogen-bond acceptors (Lipinski definition) is 5. The van der Waals surface area contributed by atoms with Crippen molar-refractivity contribution in [2.45, 2.75) is 32.4 Å². The zero-order valence-corrected chi connectivity index (χ0v) is 12.3. The summed E-state index contributed by atoms with van der Waals surface area (Å²) in [6, 6.07) is 4.36. The van der Waals surface area contributed by atoms with Gasteiger partial charge in [0.15, 0.2) is 0 Å². The maximum Gasteiger partial charge on any atom is 0.255 e. The molecule has 108 valence electrons. The molecule has 0 atom stereocenters. The smallest absolute Gasteiger partial charge is 0.255 e. The SMILES string of the molecule is Cc1c(Cl)nc2ncnn2c1N(Cc1ccco1)C1CC1. The van der Waals surface area contributed by atoms with Crippen LogP contribution >= 0.6 is 11.6 Å². The van der Waals surface area contributed by atoms with Crippen molar-refractivity contribution in [1.29, 1.82) is 0 Å². The highest BCUT2D eigenvalue weighted by Crippen LogP contribution is 2.36. The molecule has 4 rings (SSSR count). The monoisotopic (exact) mass is 303 g/mol. The lowest BCUT2D eigenvalue weighted by Crippen LogP contribution is -2.28. The third-order valence-corrected chi connectivity index (χ3v) is 4.11. The van der Waals surface area contributed by atoms with E-state index < -0.39 is 0 Å². The molecule has 3 aromatic rings. The molecule has 1 fully saturated rings. The van der Waals surface area contributed by atoms with Crippen molar-refractivity contribution in [3.05, 3.63) is 41.2 Å². The molecule has 6 nitrogen and oxygen atoms in total. The zero-order chi connectivity index (χ0) is 14.4. The van der Waals surface area contributed by atoms with Crippen molar-refractivity contribution < 1.29 is 4.42 Å². The van der Waals surface area contributed by atoms with Gasteiger partial charge in [-0.2, -0.15) is 19.6 Å². The van der Waals surface area contributed by atoms with Crippen LogP contribution in [0.3, 0.4) is 0 Å². The number of furan rings is 1. The van der Waals surface area contributed by atoms with Gasteiger partial charge in [0.1, 0.15) is 23.1 Å². The van der Waals surface area contributed by atoms with Gasteiger partial charge in [-0.05, 0) is 31.9 Å². The van der Waals surface area contributed by atoms with Crippen LogP contribution in [0.1, 0.15) is 24.2 Å². The Labute approximate surface area is 126 Å². The molecule has 3 heterocycles. The highest BCUT2D eigenvalue weighted by molar-refractivity contribution is 6.30. The maximum atomic E-state index is 6.26. The molecule has 0 saturated heterocycles. The lowest BCUT2D eigenvalue weighted by Gasteiger charge is -2.25. The highest BCUT2D eigenvalue weighted by atomic mass is 35.5. The first-order valence-electron chi connectivity index (χ1n) is 6.89. The minimum absolute atomic E-state index is 0.468. The lowest BCUT2D eigenvalue weighted by atomic mass is 10.3. The fourth-order valence-corrected chi connectivity index (χ4v) is 2.71. The summed E-state index contributed by atoms with van der Waals surface area (Å²) < 4.78 is 7.24. The molecule has 0 spiro atoms. The summed E-state index contributed by atoms with van der Waals surface area (Å²) in [6.07, 6.45) is 5.52. The van der Waals surface area contributed by atoms with Crippen molar-refractivity contribution in [1.82, 2.24) is 19.6 Å².